The van der Waals surface area contributed by atoms with Gasteiger partial charge in [0.25, 0.3) is 10.2 Å². The molecule has 1 aliphatic carbocycles. The van der Waals surface area contributed by atoms with Gasteiger partial charge < -0.3 is 5.11 Å². The molecule has 2 N–H and O–H groups in total. The van der Waals surface area contributed by atoms with Gasteiger partial charge in [-0.1, -0.05) is 25.1 Å². The second-order valence-electron chi connectivity index (χ2n) is 6.36. The predicted molar refractivity (Wildman–Crippen MR) is 93.6 cm³/mol. The molecule has 1 aromatic carbocycles. The Balaban J connectivity index is 1.94. The van der Waals surface area contributed by atoms with Gasteiger partial charge in [0.15, 0.2) is 0 Å². The van der Waals surface area contributed by atoms with Crippen LogP contribution in [0.25, 0.3) is 10.9 Å². The van der Waals surface area contributed by atoms with Gasteiger partial charge in [-0.15, -0.1) is 0 Å². The van der Waals surface area contributed by atoms with E-state index in [-0.39, 0.29) is 18.1 Å². The van der Waals surface area contributed by atoms with Crippen LogP contribution in [0.2, 0.25) is 0 Å². The van der Waals surface area contributed by atoms with Crippen LogP contribution in [0.1, 0.15) is 31.4 Å². The van der Waals surface area contributed by atoms with E-state index in [0.29, 0.717) is 19.4 Å². The Bertz CT molecular complexity index is 819. The average molecular weight is 349 g/mol. The van der Waals surface area contributed by atoms with Crippen molar-refractivity contribution in [3.05, 3.63) is 42.1 Å². The number of fused-ring (bicyclic) bond motifs is 1. The van der Waals surface area contributed by atoms with Crippen molar-refractivity contribution in [3.8, 4) is 0 Å². The lowest BCUT2D eigenvalue weighted by atomic mass is 9.75. The number of hydrogen-bond acceptors (Lipinski definition) is 4. The summed E-state index contributed by atoms with van der Waals surface area (Å²) in [4.78, 5) is 4.45. The number of nitrogens with one attached hydrogen (secondary N) is 1. The minimum Gasteiger partial charge on any atom is -0.393 e. The van der Waals surface area contributed by atoms with Gasteiger partial charge in [0.05, 0.1) is 17.7 Å². The van der Waals surface area contributed by atoms with Gasteiger partial charge in [-0.3, -0.25) is 4.98 Å². The maximum absolute atomic E-state index is 12.5. The summed E-state index contributed by atoms with van der Waals surface area (Å²) < 4.78 is 29.0. The highest BCUT2D eigenvalue weighted by atomic mass is 32.2. The van der Waals surface area contributed by atoms with Crippen molar-refractivity contribution in [1.29, 1.82) is 0 Å². The molecule has 0 spiro atoms. The number of pyridine rings is 1. The molecule has 1 fully saturated rings. The fraction of sp³-hybridized carbons (Fsp3) is 0.471. The van der Waals surface area contributed by atoms with Crippen LogP contribution in [0.3, 0.4) is 0 Å². The Morgan fingerprint density at radius 1 is 1.38 bits per heavy atom. The van der Waals surface area contributed by atoms with Crippen LogP contribution in [-0.4, -0.2) is 42.5 Å². The van der Waals surface area contributed by atoms with Gasteiger partial charge >= 0.3 is 0 Å². The number of para-hydroxylation sites is 1. The molecule has 130 valence electrons. The normalized spacial score (nSPS) is 22.5. The molecule has 2 aromatic rings. The van der Waals surface area contributed by atoms with Gasteiger partial charge in [-0.05, 0) is 36.5 Å². The third-order valence-electron chi connectivity index (χ3n) is 4.72. The topological polar surface area (TPSA) is 82.5 Å². The van der Waals surface area contributed by atoms with Crippen molar-refractivity contribution in [2.45, 2.75) is 31.9 Å². The third-order valence-corrected chi connectivity index (χ3v) is 6.35. The standard InChI is InChI=1S/C17H23N3O3S/c1-3-20(2)24(22,23)19-17(13-9-15(21)10-13)14-8-12-6-4-5-7-16(12)18-11-14/h4-8,11,13,15,17,19,21H,3,9-10H2,1-2H3/t13?,15?,17-/m0/s1. The van der Waals surface area contributed by atoms with Gasteiger partial charge in [0, 0.05) is 25.2 Å². The molecule has 24 heavy (non-hydrogen) atoms. The van der Waals surface area contributed by atoms with Gasteiger partial charge in [0.2, 0.25) is 0 Å². The van der Waals surface area contributed by atoms with Gasteiger partial charge in [-0.25, -0.2) is 0 Å². The molecule has 0 radical (unpaired) electrons. The molecular weight excluding hydrogens is 326 g/mol. The molecule has 0 aliphatic heterocycles. The molecule has 6 nitrogen and oxygen atoms in total. The van der Waals surface area contributed by atoms with Crippen LogP contribution in [0.5, 0.6) is 0 Å². The maximum Gasteiger partial charge on any atom is 0.279 e. The van der Waals surface area contributed by atoms with Gasteiger partial charge in [-0.2, -0.15) is 17.4 Å². The highest BCUT2D eigenvalue weighted by Crippen LogP contribution is 2.39. The summed E-state index contributed by atoms with van der Waals surface area (Å²) in [6.07, 6.45) is 2.57. The number of aliphatic hydroxyl groups excluding tert-OH is 1. The van der Waals surface area contributed by atoms with Crippen LogP contribution >= 0.6 is 0 Å². The molecular formula is C17H23N3O3S. The van der Waals surface area contributed by atoms with E-state index >= 15 is 0 Å². The minimum atomic E-state index is -3.58. The maximum atomic E-state index is 12.5. The largest absolute Gasteiger partial charge is 0.393 e. The van der Waals surface area contributed by atoms with Crippen molar-refractivity contribution in [2.24, 2.45) is 5.92 Å². The summed E-state index contributed by atoms with van der Waals surface area (Å²) in [6, 6.07) is 9.34. The zero-order valence-electron chi connectivity index (χ0n) is 13.9. The lowest BCUT2D eigenvalue weighted by Gasteiger charge is -2.38. The van der Waals surface area contributed by atoms with E-state index in [0.717, 1.165) is 16.5 Å². The Morgan fingerprint density at radius 2 is 2.08 bits per heavy atom. The molecule has 0 saturated heterocycles. The summed E-state index contributed by atoms with van der Waals surface area (Å²) in [5, 5.41) is 10.6. The average Bonchev–Trinajstić information content (AvgIpc) is 2.56. The van der Waals surface area contributed by atoms with E-state index in [9.17, 15) is 13.5 Å². The third kappa shape index (κ3) is 3.44. The summed E-state index contributed by atoms with van der Waals surface area (Å²) in [6.45, 7) is 2.18. The highest BCUT2D eigenvalue weighted by Gasteiger charge is 2.37. The molecule has 1 heterocycles. The van der Waals surface area contributed by atoms with Crippen molar-refractivity contribution in [1.82, 2.24) is 14.0 Å². The van der Waals surface area contributed by atoms with Crippen molar-refractivity contribution < 1.29 is 13.5 Å². The van der Waals surface area contributed by atoms with Crippen molar-refractivity contribution >= 4 is 21.1 Å². The first kappa shape index (κ1) is 17.3. The highest BCUT2D eigenvalue weighted by molar-refractivity contribution is 7.87. The SMILES string of the molecule is CCN(C)S(=O)(=O)N[C@H](c1cnc2ccccc2c1)C1CC(O)C1. The molecule has 7 heteroatoms. The molecule has 1 aliphatic rings. The number of hydrogen-bond donors (Lipinski definition) is 2. The number of benzene rings is 1. The Hall–Kier alpha value is -1.54. The molecule has 3 rings (SSSR count). The van der Waals surface area contributed by atoms with Crippen LogP contribution in [-0.2, 0) is 10.2 Å². The van der Waals surface area contributed by atoms with E-state index in [1.165, 1.54) is 4.31 Å². The second kappa shape index (κ2) is 6.76. The van der Waals surface area contributed by atoms with E-state index < -0.39 is 10.2 Å². The van der Waals surface area contributed by atoms with E-state index in [4.69, 9.17) is 0 Å². The Labute approximate surface area is 142 Å². The minimum absolute atomic E-state index is 0.0722. The Morgan fingerprint density at radius 3 is 2.75 bits per heavy atom. The van der Waals surface area contributed by atoms with Crippen LogP contribution in [0.15, 0.2) is 36.5 Å². The number of rotatable bonds is 6. The van der Waals surface area contributed by atoms with Crippen molar-refractivity contribution in [2.75, 3.05) is 13.6 Å². The summed E-state index contributed by atoms with van der Waals surface area (Å²) in [5.41, 5.74) is 1.71. The fourth-order valence-electron chi connectivity index (χ4n) is 3.02. The first-order valence-electron chi connectivity index (χ1n) is 8.17. The molecule has 0 bridgehead atoms. The zero-order valence-corrected chi connectivity index (χ0v) is 14.7. The zero-order chi connectivity index (χ0) is 17.3. The number of nitrogens with zero attached hydrogens (tertiary/aromatic N) is 2. The Kier molecular flexibility index (Phi) is 4.87. The first-order valence-corrected chi connectivity index (χ1v) is 9.61. The molecule has 0 unspecified atom stereocenters. The van der Waals surface area contributed by atoms with Crippen LogP contribution in [0, 0.1) is 5.92 Å². The van der Waals surface area contributed by atoms with E-state index in [1.54, 1.807) is 20.2 Å². The smallest absolute Gasteiger partial charge is 0.279 e. The summed E-state index contributed by atoms with van der Waals surface area (Å²) in [7, 11) is -2.03. The molecule has 0 amide bonds. The number of aliphatic hydroxyl groups is 1. The monoisotopic (exact) mass is 349 g/mol. The van der Waals surface area contributed by atoms with Crippen molar-refractivity contribution in [3.63, 3.8) is 0 Å². The lowest BCUT2D eigenvalue weighted by Crippen LogP contribution is -2.45. The van der Waals surface area contributed by atoms with Crippen LogP contribution < -0.4 is 4.72 Å². The molecule has 1 atom stereocenters. The lowest BCUT2D eigenvalue weighted by molar-refractivity contribution is 0.0277. The number of aromatic nitrogens is 1. The molecule has 1 saturated carbocycles. The summed E-state index contributed by atoms with van der Waals surface area (Å²) in [5.74, 6) is 0.0722. The molecule has 1 aromatic heterocycles. The second-order valence-corrected chi connectivity index (χ2v) is 8.17. The predicted octanol–water partition coefficient (Wildman–Crippen LogP) is 1.83. The van der Waals surface area contributed by atoms with Gasteiger partial charge in [0.1, 0.15) is 0 Å². The quantitative estimate of drug-likeness (QED) is 0.833. The van der Waals surface area contributed by atoms with E-state index in [2.05, 4.69) is 9.71 Å². The van der Waals surface area contributed by atoms with Crippen LogP contribution in [0.4, 0.5) is 0 Å². The fourth-order valence-corrected chi connectivity index (χ4v) is 4.19. The first-order chi connectivity index (χ1) is 11.4. The van der Waals surface area contributed by atoms with E-state index in [1.807, 2.05) is 30.3 Å². The summed E-state index contributed by atoms with van der Waals surface area (Å²) >= 11 is 0.